The minimum atomic E-state index is -0.939. The lowest BCUT2D eigenvalue weighted by molar-refractivity contribution is -0.139. The highest BCUT2D eigenvalue weighted by atomic mass is 35.5. The molecule has 0 amide bonds. The maximum absolute atomic E-state index is 10.6. The van der Waals surface area contributed by atoms with Crippen molar-refractivity contribution in [1.29, 1.82) is 0 Å². The molecular weight excluding hydrogens is 204 g/mol. The molecule has 0 saturated carbocycles. The first kappa shape index (κ1) is 12.9. The normalized spacial score (nSPS) is 11.5. The first-order chi connectivity index (χ1) is 6.24. The summed E-state index contributed by atoms with van der Waals surface area (Å²) < 4.78 is 0. The maximum atomic E-state index is 10.6. The number of carboxylic acids is 1. The lowest BCUT2D eigenvalue weighted by atomic mass is 10.1. The molecule has 78 valence electrons. The molecule has 4 N–H and O–H groups in total. The lowest BCUT2D eigenvalue weighted by Gasteiger charge is -2.09. The molecule has 0 aliphatic heterocycles. The van der Waals surface area contributed by atoms with E-state index in [-0.39, 0.29) is 12.4 Å². The van der Waals surface area contributed by atoms with E-state index in [1.54, 1.807) is 0 Å². The van der Waals surface area contributed by atoms with Gasteiger partial charge in [0.15, 0.2) is 0 Å². The van der Waals surface area contributed by atoms with E-state index in [0.717, 1.165) is 5.56 Å². The second-order valence-corrected chi connectivity index (χ2v) is 2.75. The van der Waals surface area contributed by atoms with Gasteiger partial charge in [0.1, 0.15) is 6.04 Å². The number of aliphatic carboxylic acids is 1. The molecule has 0 bridgehead atoms. The van der Waals surface area contributed by atoms with E-state index >= 15 is 0 Å². The van der Waals surface area contributed by atoms with Gasteiger partial charge in [0, 0.05) is 0 Å². The number of rotatable bonds is 4. The average molecular weight is 217 g/mol. The minimum Gasteiger partial charge on any atom is -0.480 e. The topological polar surface area (TPSA) is 75.3 Å². The van der Waals surface area contributed by atoms with Crippen LogP contribution in [0.15, 0.2) is 30.3 Å². The Bertz CT molecular complexity index is 279. The molecule has 0 aromatic heterocycles. The van der Waals surface area contributed by atoms with Gasteiger partial charge in [0.2, 0.25) is 0 Å². The number of hydrogen-bond donors (Lipinski definition) is 3. The fourth-order valence-electron chi connectivity index (χ4n) is 1.07. The number of nitrogens with two attached hydrogens (primary N) is 1. The summed E-state index contributed by atoms with van der Waals surface area (Å²) in [5.74, 6) is 4.15. The quantitative estimate of drug-likeness (QED) is 0.508. The zero-order valence-corrected chi connectivity index (χ0v) is 8.33. The lowest BCUT2D eigenvalue weighted by Crippen LogP contribution is -2.42. The summed E-state index contributed by atoms with van der Waals surface area (Å²) >= 11 is 0. The fourth-order valence-corrected chi connectivity index (χ4v) is 1.07. The standard InChI is InChI=1S/C9H12N2O2.ClH/c10-11-8(9(12)13)6-7-4-2-1-3-5-7;/h1-5,8,11H,6,10H2,(H,12,13);1H/t8-;/m0./s1. The van der Waals surface area contributed by atoms with Crippen LogP contribution in [0.3, 0.4) is 0 Å². The number of hydrogen-bond acceptors (Lipinski definition) is 3. The molecule has 0 heterocycles. The molecule has 1 aromatic carbocycles. The van der Waals surface area contributed by atoms with Gasteiger partial charge < -0.3 is 5.11 Å². The van der Waals surface area contributed by atoms with Crippen LogP contribution in [0.2, 0.25) is 0 Å². The van der Waals surface area contributed by atoms with Crippen LogP contribution < -0.4 is 11.3 Å². The summed E-state index contributed by atoms with van der Waals surface area (Å²) in [6.07, 6.45) is 0.396. The summed E-state index contributed by atoms with van der Waals surface area (Å²) in [4.78, 5) is 10.6. The van der Waals surface area contributed by atoms with Crippen molar-refractivity contribution in [3.05, 3.63) is 35.9 Å². The molecule has 14 heavy (non-hydrogen) atoms. The van der Waals surface area contributed by atoms with Gasteiger partial charge in [0.25, 0.3) is 0 Å². The largest absolute Gasteiger partial charge is 0.480 e. The molecule has 4 nitrogen and oxygen atoms in total. The summed E-state index contributed by atoms with van der Waals surface area (Å²) in [6, 6.07) is 8.63. The number of carbonyl (C=O) groups is 1. The van der Waals surface area contributed by atoms with Crippen LogP contribution in [-0.4, -0.2) is 17.1 Å². The Morgan fingerprint density at radius 2 is 2.00 bits per heavy atom. The third-order valence-electron chi connectivity index (χ3n) is 1.78. The number of carboxylic acid groups (broad SMARTS) is 1. The first-order valence-corrected chi connectivity index (χ1v) is 3.97. The monoisotopic (exact) mass is 216 g/mol. The van der Waals surface area contributed by atoms with E-state index in [0.29, 0.717) is 6.42 Å². The van der Waals surface area contributed by atoms with E-state index < -0.39 is 12.0 Å². The molecule has 5 heteroatoms. The molecule has 0 spiro atoms. The van der Waals surface area contributed by atoms with Crippen LogP contribution in [0.1, 0.15) is 5.56 Å². The number of benzene rings is 1. The molecule has 1 rings (SSSR count). The maximum Gasteiger partial charge on any atom is 0.322 e. The Morgan fingerprint density at radius 1 is 1.43 bits per heavy atom. The van der Waals surface area contributed by atoms with Crippen LogP contribution in [0.4, 0.5) is 0 Å². The smallest absolute Gasteiger partial charge is 0.322 e. The summed E-state index contributed by atoms with van der Waals surface area (Å²) in [5.41, 5.74) is 3.20. The van der Waals surface area contributed by atoms with Gasteiger partial charge in [-0.05, 0) is 12.0 Å². The number of hydrazine groups is 1. The zero-order chi connectivity index (χ0) is 9.68. The van der Waals surface area contributed by atoms with Crippen LogP contribution in [0.25, 0.3) is 0 Å². The third-order valence-corrected chi connectivity index (χ3v) is 1.78. The van der Waals surface area contributed by atoms with Gasteiger partial charge in [0.05, 0.1) is 0 Å². The molecule has 0 aliphatic carbocycles. The summed E-state index contributed by atoms with van der Waals surface area (Å²) in [5, 5.41) is 8.69. The number of nitrogens with one attached hydrogen (secondary N) is 1. The molecule has 0 radical (unpaired) electrons. The Morgan fingerprint density at radius 3 is 2.43 bits per heavy atom. The van der Waals surface area contributed by atoms with Crippen molar-refractivity contribution in [3.63, 3.8) is 0 Å². The molecule has 1 atom stereocenters. The van der Waals surface area contributed by atoms with Crippen molar-refractivity contribution < 1.29 is 9.90 Å². The van der Waals surface area contributed by atoms with E-state index in [1.807, 2.05) is 30.3 Å². The molecule has 0 fully saturated rings. The van der Waals surface area contributed by atoms with Gasteiger partial charge in [-0.3, -0.25) is 10.6 Å². The van der Waals surface area contributed by atoms with Gasteiger partial charge in [-0.25, -0.2) is 5.43 Å². The first-order valence-electron chi connectivity index (χ1n) is 3.97. The highest BCUT2D eigenvalue weighted by molar-refractivity contribution is 5.85. The van der Waals surface area contributed by atoms with Gasteiger partial charge in [-0.1, -0.05) is 30.3 Å². The highest BCUT2D eigenvalue weighted by Crippen LogP contribution is 2.02. The van der Waals surface area contributed by atoms with E-state index in [9.17, 15) is 4.79 Å². The predicted octanol–water partition coefficient (Wildman–Crippen LogP) is 0.567. The van der Waals surface area contributed by atoms with Gasteiger partial charge >= 0.3 is 5.97 Å². The van der Waals surface area contributed by atoms with Gasteiger partial charge in [-0.2, -0.15) is 0 Å². The van der Waals surface area contributed by atoms with Crippen molar-refractivity contribution in [1.82, 2.24) is 5.43 Å². The van der Waals surface area contributed by atoms with Crippen LogP contribution in [-0.2, 0) is 11.2 Å². The van der Waals surface area contributed by atoms with Gasteiger partial charge in [-0.15, -0.1) is 12.4 Å². The third kappa shape index (κ3) is 3.74. The molecule has 0 unspecified atom stereocenters. The SMILES string of the molecule is Cl.NN[C@@H](Cc1ccccc1)C(=O)O. The number of halogens is 1. The Balaban J connectivity index is 0.00000169. The van der Waals surface area contributed by atoms with Crippen LogP contribution in [0, 0.1) is 0 Å². The second-order valence-electron chi connectivity index (χ2n) is 2.75. The Hall–Kier alpha value is -1.10. The van der Waals surface area contributed by atoms with E-state index in [1.165, 1.54) is 0 Å². The van der Waals surface area contributed by atoms with Crippen molar-refractivity contribution in [3.8, 4) is 0 Å². The fraction of sp³-hybridized carbons (Fsp3) is 0.222. The molecular formula is C9H13ClN2O2. The molecule has 0 aliphatic rings. The molecule has 1 aromatic rings. The van der Waals surface area contributed by atoms with Crippen molar-refractivity contribution in [2.75, 3.05) is 0 Å². The molecule has 0 saturated heterocycles. The van der Waals surface area contributed by atoms with Crippen molar-refractivity contribution in [2.45, 2.75) is 12.5 Å². The average Bonchev–Trinajstić information content (AvgIpc) is 2.15. The highest BCUT2D eigenvalue weighted by Gasteiger charge is 2.14. The Labute approximate surface area is 88.5 Å². The second kappa shape index (κ2) is 6.37. The Kier molecular flexibility index (Phi) is 5.87. The van der Waals surface area contributed by atoms with Crippen LogP contribution >= 0.6 is 12.4 Å². The van der Waals surface area contributed by atoms with E-state index in [2.05, 4.69) is 5.43 Å². The van der Waals surface area contributed by atoms with Crippen molar-refractivity contribution >= 4 is 18.4 Å². The predicted molar refractivity (Wildman–Crippen MR) is 56.1 cm³/mol. The van der Waals surface area contributed by atoms with Crippen LogP contribution in [0.5, 0.6) is 0 Å². The minimum absolute atomic E-state index is 0. The summed E-state index contributed by atoms with van der Waals surface area (Å²) in [7, 11) is 0. The van der Waals surface area contributed by atoms with Crippen molar-refractivity contribution in [2.24, 2.45) is 5.84 Å². The zero-order valence-electron chi connectivity index (χ0n) is 7.51. The summed E-state index contributed by atoms with van der Waals surface area (Å²) in [6.45, 7) is 0. The van der Waals surface area contributed by atoms with E-state index in [4.69, 9.17) is 10.9 Å².